The average molecular weight is 508 g/mol. The first-order valence-electron chi connectivity index (χ1n) is 13.4. The summed E-state index contributed by atoms with van der Waals surface area (Å²) in [4.78, 5) is 27.8. The molecule has 37 heavy (non-hydrogen) atoms. The number of nitrogens with zero attached hydrogens (tertiary/aromatic N) is 1. The molecule has 3 rings (SSSR count). The van der Waals surface area contributed by atoms with Crippen LogP contribution in [0.15, 0.2) is 54.7 Å². The highest BCUT2D eigenvalue weighted by Crippen LogP contribution is 2.33. The maximum atomic E-state index is 13.2. The van der Waals surface area contributed by atoms with Crippen LogP contribution in [0.1, 0.15) is 83.3 Å². The Morgan fingerprint density at radius 3 is 2.49 bits per heavy atom. The van der Waals surface area contributed by atoms with Gasteiger partial charge in [-0.2, -0.15) is 0 Å². The lowest BCUT2D eigenvalue weighted by Gasteiger charge is -2.21. The van der Waals surface area contributed by atoms with Gasteiger partial charge in [-0.25, -0.2) is 4.79 Å². The van der Waals surface area contributed by atoms with Crippen molar-refractivity contribution in [1.82, 2.24) is 0 Å². The lowest BCUT2D eigenvalue weighted by molar-refractivity contribution is -0.160. The molecule has 2 unspecified atom stereocenters. The Hall–Kier alpha value is -2.96. The van der Waals surface area contributed by atoms with Crippen LogP contribution in [0.25, 0.3) is 5.57 Å². The molecule has 0 aliphatic carbocycles. The molecule has 0 aromatic heterocycles. The van der Waals surface area contributed by atoms with Gasteiger partial charge >= 0.3 is 5.97 Å². The molecule has 1 heterocycles. The Bertz CT molecular complexity index is 1090. The van der Waals surface area contributed by atoms with E-state index >= 15 is 0 Å². The monoisotopic (exact) mass is 507 g/mol. The van der Waals surface area contributed by atoms with E-state index in [0.29, 0.717) is 24.6 Å². The lowest BCUT2D eigenvalue weighted by atomic mass is 10.0. The van der Waals surface area contributed by atoms with Crippen molar-refractivity contribution in [2.24, 2.45) is 5.92 Å². The Morgan fingerprint density at radius 1 is 1.11 bits per heavy atom. The fraction of sp³-hybridized carbons (Fsp3) is 0.484. The lowest BCUT2D eigenvalue weighted by Crippen LogP contribution is -2.30. The molecule has 200 valence electrons. The van der Waals surface area contributed by atoms with Crippen molar-refractivity contribution in [3.05, 3.63) is 71.4 Å². The number of Topliss-reactive ketones (excluding diaryl/α,β-unsaturated/α-hetero) is 1. The van der Waals surface area contributed by atoms with Crippen LogP contribution in [-0.2, 0) is 25.5 Å². The number of carbonyl (C=O) groups is 2. The number of rotatable bonds is 12. The average Bonchev–Trinajstić information content (AvgIpc) is 3.28. The van der Waals surface area contributed by atoms with E-state index in [4.69, 9.17) is 9.47 Å². The van der Waals surface area contributed by atoms with Crippen molar-refractivity contribution < 1.29 is 24.2 Å². The first-order chi connectivity index (χ1) is 17.6. The number of anilines is 1. The van der Waals surface area contributed by atoms with E-state index in [1.165, 1.54) is 6.42 Å². The highest BCUT2D eigenvalue weighted by Gasteiger charge is 2.29. The first-order valence-corrected chi connectivity index (χ1v) is 13.4. The largest absolute Gasteiger partial charge is 0.454 e. The summed E-state index contributed by atoms with van der Waals surface area (Å²) in [6, 6.07) is 14.9. The summed E-state index contributed by atoms with van der Waals surface area (Å²) in [7, 11) is 0. The van der Waals surface area contributed by atoms with Crippen molar-refractivity contribution in [2.45, 2.75) is 78.6 Å². The zero-order chi connectivity index (χ0) is 27.0. The molecular weight excluding hydrogens is 466 g/mol. The maximum Gasteiger partial charge on any atom is 0.380 e. The number of ketones is 1. The molecule has 2 aromatic rings. The second-order valence-corrected chi connectivity index (χ2v) is 10.7. The highest BCUT2D eigenvalue weighted by molar-refractivity contribution is 6.51. The minimum atomic E-state index is -0.973. The van der Waals surface area contributed by atoms with Gasteiger partial charge < -0.3 is 19.5 Å². The van der Waals surface area contributed by atoms with E-state index in [9.17, 15) is 14.7 Å². The standard InChI is InChI=1S/C31H41NO5/c1-6-8-12-22(7-2)21-36-29(34)25-15-16-27-24(19-25)17-18-32(27)20-26(23-13-10-9-11-14-23)28(33)30(35)37-31(3,4)5/h9-11,13-16,19-20,22,29,34H,6-8,12,17-18,21H2,1-5H3/b26-20+. The molecule has 0 fully saturated rings. The number of unbranched alkanes of at least 4 members (excludes halogenated alkanes) is 1. The third-order valence-corrected chi connectivity index (χ3v) is 6.55. The van der Waals surface area contributed by atoms with Crippen LogP contribution in [0.3, 0.4) is 0 Å². The molecule has 0 amide bonds. The zero-order valence-corrected chi connectivity index (χ0v) is 22.8. The first kappa shape index (κ1) is 28.6. The molecule has 0 saturated carbocycles. The van der Waals surface area contributed by atoms with Gasteiger partial charge in [0.25, 0.3) is 5.78 Å². The fourth-order valence-electron chi connectivity index (χ4n) is 4.43. The zero-order valence-electron chi connectivity index (χ0n) is 22.8. The summed E-state index contributed by atoms with van der Waals surface area (Å²) in [5, 5.41) is 10.7. The van der Waals surface area contributed by atoms with Crippen molar-refractivity contribution in [3.63, 3.8) is 0 Å². The van der Waals surface area contributed by atoms with Crippen LogP contribution in [0, 0.1) is 5.92 Å². The highest BCUT2D eigenvalue weighted by atomic mass is 16.6. The molecule has 1 N–H and O–H groups in total. The summed E-state index contributed by atoms with van der Waals surface area (Å²) < 4.78 is 11.2. The van der Waals surface area contributed by atoms with Crippen molar-refractivity contribution in [1.29, 1.82) is 0 Å². The van der Waals surface area contributed by atoms with Gasteiger partial charge in [-0.05, 0) is 62.8 Å². The Kier molecular flexibility index (Phi) is 10.1. The quantitative estimate of drug-likeness (QED) is 0.159. The number of fused-ring (bicyclic) bond motifs is 1. The van der Waals surface area contributed by atoms with Crippen LogP contribution < -0.4 is 4.90 Å². The third-order valence-electron chi connectivity index (χ3n) is 6.55. The number of benzene rings is 2. The molecule has 2 atom stereocenters. The van der Waals surface area contributed by atoms with Gasteiger partial charge in [0.2, 0.25) is 0 Å². The molecule has 0 radical (unpaired) electrons. The van der Waals surface area contributed by atoms with E-state index in [1.54, 1.807) is 27.0 Å². The molecular formula is C31H41NO5. The molecule has 1 aliphatic heterocycles. The summed E-state index contributed by atoms with van der Waals surface area (Å²) in [6.07, 6.45) is 5.98. The predicted molar refractivity (Wildman–Crippen MR) is 147 cm³/mol. The summed E-state index contributed by atoms with van der Waals surface area (Å²) in [5.41, 5.74) is 2.90. The molecule has 6 heteroatoms. The van der Waals surface area contributed by atoms with Crippen LogP contribution in [0.2, 0.25) is 0 Å². The molecule has 0 spiro atoms. The van der Waals surface area contributed by atoms with Crippen molar-refractivity contribution in [2.75, 3.05) is 18.1 Å². The summed E-state index contributed by atoms with van der Waals surface area (Å²) in [5.74, 6) is -1.10. The molecule has 1 aliphatic rings. The second-order valence-electron chi connectivity index (χ2n) is 10.7. The Labute approximate surface area is 221 Å². The number of aliphatic hydroxyl groups excluding tert-OH is 1. The number of esters is 1. The van der Waals surface area contributed by atoms with Gasteiger partial charge in [-0.3, -0.25) is 4.79 Å². The fourth-order valence-corrected chi connectivity index (χ4v) is 4.43. The Balaban J connectivity index is 1.80. The van der Waals surface area contributed by atoms with Gasteiger partial charge in [0.1, 0.15) is 5.60 Å². The second kappa shape index (κ2) is 13.0. The number of carbonyl (C=O) groups excluding carboxylic acids is 2. The topological polar surface area (TPSA) is 76.1 Å². The van der Waals surface area contributed by atoms with Gasteiger partial charge in [0.15, 0.2) is 6.29 Å². The molecule has 0 bridgehead atoms. The van der Waals surface area contributed by atoms with E-state index in [-0.39, 0.29) is 5.57 Å². The van der Waals surface area contributed by atoms with E-state index in [1.807, 2.05) is 53.4 Å². The summed E-state index contributed by atoms with van der Waals surface area (Å²) in [6.45, 7) is 10.8. The minimum Gasteiger partial charge on any atom is -0.454 e. The van der Waals surface area contributed by atoms with Gasteiger partial charge in [0, 0.05) is 24.0 Å². The number of ether oxygens (including phenoxy) is 2. The van der Waals surface area contributed by atoms with Gasteiger partial charge in [0.05, 0.1) is 12.2 Å². The van der Waals surface area contributed by atoms with E-state index in [2.05, 4.69) is 13.8 Å². The smallest absolute Gasteiger partial charge is 0.380 e. The summed E-state index contributed by atoms with van der Waals surface area (Å²) >= 11 is 0. The van der Waals surface area contributed by atoms with E-state index < -0.39 is 23.6 Å². The number of aliphatic hydroxyl groups is 1. The maximum absolute atomic E-state index is 13.2. The molecule has 2 aromatic carbocycles. The van der Waals surface area contributed by atoms with Crippen molar-refractivity contribution in [3.8, 4) is 0 Å². The Morgan fingerprint density at radius 2 is 1.84 bits per heavy atom. The normalized spacial score (nSPS) is 15.3. The van der Waals surface area contributed by atoms with Crippen molar-refractivity contribution >= 4 is 23.0 Å². The van der Waals surface area contributed by atoms with Crippen LogP contribution >= 0.6 is 0 Å². The van der Waals surface area contributed by atoms with E-state index in [0.717, 1.165) is 42.5 Å². The van der Waals surface area contributed by atoms with Crippen LogP contribution in [0.5, 0.6) is 0 Å². The SMILES string of the molecule is CCCCC(CC)COC(O)c1ccc2c(c1)CCN2/C=C(/C(=O)C(=O)OC(C)(C)C)c1ccccc1. The number of hydrogen-bond donors (Lipinski definition) is 1. The molecule has 6 nitrogen and oxygen atoms in total. The van der Waals surface area contributed by atoms with Crippen LogP contribution in [0.4, 0.5) is 5.69 Å². The van der Waals surface area contributed by atoms with Crippen LogP contribution in [-0.4, -0.2) is 35.6 Å². The van der Waals surface area contributed by atoms with Gasteiger partial charge in [-0.1, -0.05) is 69.5 Å². The van der Waals surface area contributed by atoms with Gasteiger partial charge in [-0.15, -0.1) is 0 Å². The third kappa shape index (κ3) is 8.01. The molecule has 0 saturated heterocycles. The predicted octanol–water partition coefficient (Wildman–Crippen LogP) is 6.22. The minimum absolute atomic E-state index is 0.285. The number of hydrogen-bond acceptors (Lipinski definition) is 6.